The zero-order chi connectivity index (χ0) is 13.1. The average Bonchev–Trinajstić information content (AvgIpc) is 3.25. The number of likely N-dealkylation sites (tertiary alicyclic amines) is 1. The standard InChI is InChI=1S/C16H23BrN2/c17-15-3-1-14(2-4-15)12-19-9-7-13(8-10-19)11-18-16-5-6-16/h1-4,13,16,18H,5-12H2. The summed E-state index contributed by atoms with van der Waals surface area (Å²) in [5.41, 5.74) is 1.43. The minimum atomic E-state index is 0.862. The lowest BCUT2D eigenvalue weighted by atomic mass is 9.96. The molecular weight excluding hydrogens is 300 g/mol. The zero-order valence-corrected chi connectivity index (χ0v) is 13.0. The number of nitrogens with zero attached hydrogens (tertiary/aromatic N) is 1. The fourth-order valence-corrected chi connectivity index (χ4v) is 3.08. The summed E-state index contributed by atoms with van der Waals surface area (Å²) in [4.78, 5) is 2.59. The lowest BCUT2D eigenvalue weighted by Crippen LogP contribution is -2.37. The van der Waals surface area contributed by atoms with Crippen LogP contribution in [-0.2, 0) is 6.54 Å². The summed E-state index contributed by atoms with van der Waals surface area (Å²) in [5.74, 6) is 0.904. The van der Waals surface area contributed by atoms with Crippen molar-refractivity contribution in [3.63, 3.8) is 0 Å². The van der Waals surface area contributed by atoms with Gasteiger partial charge in [0.15, 0.2) is 0 Å². The fourth-order valence-electron chi connectivity index (χ4n) is 2.82. The molecule has 0 amide bonds. The molecule has 0 unspecified atom stereocenters. The molecule has 0 atom stereocenters. The van der Waals surface area contributed by atoms with Gasteiger partial charge in [0.05, 0.1) is 0 Å². The molecule has 2 nitrogen and oxygen atoms in total. The van der Waals surface area contributed by atoms with Crippen molar-refractivity contribution in [2.24, 2.45) is 5.92 Å². The van der Waals surface area contributed by atoms with Crippen LogP contribution in [0.5, 0.6) is 0 Å². The molecular formula is C16H23BrN2. The second kappa shape index (κ2) is 6.38. The van der Waals surface area contributed by atoms with E-state index >= 15 is 0 Å². The topological polar surface area (TPSA) is 15.3 Å². The van der Waals surface area contributed by atoms with Crippen LogP contribution in [0.15, 0.2) is 28.7 Å². The Morgan fingerprint density at radius 3 is 2.37 bits per heavy atom. The van der Waals surface area contributed by atoms with Crippen molar-refractivity contribution in [3.8, 4) is 0 Å². The van der Waals surface area contributed by atoms with E-state index in [0.29, 0.717) is 0 Å². The van der Waals surface area contributed by atoms with Gasteiger partial charge in [-0.25, -0.2) is 0 Å². The van der Waals surface area contributed by atoms with Gasteiger partial charge < -0.3 is 5.32 Å². The molecule has 3 heteroatoms. The highest BCUT2D eigenvalue weighted by molar-refractivity contribution is 9.10. The van der Waals surface area contributed by atoms with Crippen LogP contribution in [0, 0.1) is 5.92 Å². The molecule has 3 rings (SSSR count). The second-order valence-electron chi connectivity index (χ2n) is 6.03. The van der Waals surface area contributed by atoms with Gasteiger partial charge >= 0.3 is 0 Å². The van der Waals surface area contributed by atoms with E-state index in [1.54, 1.807) is 0 Å². The van der Waals surface area contributed by atoms with Crippen molar-refractivity contribution in [2.45, 2.75) is 38.3 Å². The van der Waals surface area contributed by atoms with Gasteiger partial charge in [0.2, 0.25) is 0 Å². The molecule has 0 aromatic heterocycles. The van der Waals surface area contributed by atoms with Gasteiger partial charge in [-0.1, -0.05) is 28.1 Å². The van der Waals surface area contributed by atoms with Crippen molar-refractivity contribution >= 4 is 15.9 Å². The van der Waals surface area contributed by atoms with Crippen LogP contribution in [0.2, 0.25) is 0 Å². The first-order valence-corrected chi connectivity index (χ1v) is 8.29. The molecule has 1 aromatic carbocycles. The van der Waals surface area contributed by atoms with Gasteiger partial charge in [0, 0.05) is 17.1 Å². The first-order valence-electron chi connectivity index (χ1n) is 7.50. The summed E-state index contributed by atoms with van der Waals surface area (Å²) in [6, 6.07) is 9.60. The predicted octanol–water partition coefficient (Wildman–Crippen LogP) is 3.41. The molecule has 1 aromatic rings. The summed E-state index contributed by atoms with van der Waals surface area (Å²) in [6.07, 6.45) is 5.53. The summed E-state index contributed by atoms with van der Waals surface area (Å²) in [6.45, 7) is 4.87. The van der Waals surface area contributed by atoms with Crippen LogP contribution >= 0.6 is 15.9 Å². The fraction of sp³-hybridized carbons (Fsp3) is 0.625. The molecule has 2 aliphatic rings. The van der Waals surface area contributed by atoms with Crippen LogP contribution in [0.4, 0.5) is 0 Å². The summed E-state index contributed by atoms with van der Waals surface area (Å²) in [7, 11) is 0. The quantitative estimate of drug-likeness (QED) is 0.893. The Bertz CT molecular complexity index is 392. The molecule has 1 saturated carbocycles. The van der Waals surface area contributed by atoms with E-state index < -0.39 is 0 Å². The van der Waals surface area contributed by atoms with Crippen molar-refractivity contribution in [3.05, 3.63) is 34.3 Å². The van der Waals surface area contributed by atoms with Crippen molar-refractivity contribution in [2.75, 3.05) is 19.6 Å². The Labute approximate surface area is 124 Å². The predicted molar refractivity (Wildman–Crippen MR) is 83.2 cm³/mol. The van der Waals surface area contributed by atoms with Crippen LogP contribution in [0.25, 0.3) is 0 Å². The second-order valence-corrected chi connectivity index (χ2v) is 6.94. The number of piperidine rings is 1. The van der Waals surface area contributed by atoms with E-state index in [0.717, 1.165) is 18.5 Å². The molecule has 0 bridgehead atoms. The van der Waals surface area contributed by atoms with Crippen LogP contribution < -0.4 is 5.32 Å². The highest BCUT2D eigenvalue weighted by atomic mass is 79.9. The Balaban J connectivity index is 1.40. The van der Waals surface area contributed by atoms with Gasteiger partial charge in [-0.3, -0.25) is 4.90 Å². The maximum absolute atomic E-state index is 3.67. The highest BCUT2D eigenvalue weighted by Crippen LogP contribution is 2.22. The highest BCUT2D eigenvalue weighted by Gasteiger charge is 2.24. The van der Waals surface area contributed by atoms with Gasteiger partial charge in [0.1, 0.15) is 0 Å². The minimum Gasteiger partial charge on any atom is -0.314 e. The Morgan fingerprint density at radius 2 is 1.74 bits per heavy atom. The molecule has 0 radical (unpaired) electrons. The van der Waals surface area contributed by atoms with E-state index in [9.17, 15) is 0 Å². The van der Waals surface area contributed by atoms with E-state index in [4.69, 9.17) is 0 Å². The summed E-state index contributed by atoms with van der Waals surface area (Å²) in [5, 5.41) is 3.67. The van der Waals surface area contributed by atoms with Crippen molar-refractivity contribution in [1.29, 1.82) is 0 Å². The average molecular weight is 323 g/mol. The molecule has 1 aliphatic carbocycles. The lowest BCUT2D eigenvalue weighted by Gasteiger charge is -2.32. The first-order chi connectivity index (χ1) is 9.29. The SMILES string of the molecule is Brc1ccc(CN2CCC(CNC3CC3)CC2)cc1. The number of hydrogen-bond donors (Lipinski definition) is 1. The molecule has 19 heavy (non-hydrogen) atoms. The third-order valence-electron chi connectivity index (χ3n) is 4.30. The van der Waals surface area contributed by atoms with Crippen molar-refractivity contribution in [1.82, 2.24) is 10.2 Å². The molecule has 1 heterocycles. The molecule has 1 N–H and O–H groups in total. The van der Waals surface area contributed by atoms with Gasteiger partial charge in [-0.05, 0) is 68.9 Å². The number of benzene rings is 1. The Morgan fingerprint density at radius 1 is 1.05 bits per heavy atom. The third-order valence-corrected chi connectivity index (χ3v) is 4.83. The number of nitrogens with one attached hydrogen (secondary N) is 1. The van der Waals surface area contributed by atoms with Crippen LogP contribution in [-0.4, -0.2) is 30.6 Å². The smallest absolute Gasteiger partial charge is 0.0233 e. The van der Waals surface area contributed by atoms with Crippen LogP contribution in [0.1, 0.15) is 31.2 Å². The lowest BCUT2D eigenvalue weighted by molar-refractivity contribution is 0.175. The monoisotopic (exact) mass is 322 g/mol. The minimum absolute atomic E-state index is 0.862. The number of rotatable bonds is 5. The van der Waals surface area contributed by atoms with E-state index in [2.05, 4.69) is 50.4 Å². The maximum atomic E-state index is 3.67. The zero-order valence-electron chi connectivity index (χ0n) is 11.4. The summed E-state index contributed by atoms with van der Waals surface area (Å²) < 4.78 is 1.17. The maximum Gasteiger partial charge on any atom is 0.0233 e. The summed E-state index contributed by atoms with van der Waals surface area (Å²) >= 11 is 3.49. The molecule has 1 aliphatic heterocycles. The largest absolute Gasteiger partial charge is 0.314 e. The first kappa shape index (κ1) is 13.6. The number of hydrogen-bond acceptors (Lipinski definition) is 2. The normalized spacial score (nSPS) is 21.7. The number of halogens is 1. The van der Waals surface area contributed by atoms with E-state index in [-0.39, 0.29) is 0 Å². The molecule has 104 valence electrons. The van der Waals surface area contributed by atoms with Crippen LogP contribution in [0.3, 0.4) is 0 Å². The Hall–Kier alpha value is -0.380. The third kappa shape index (κ3) is 4.30. The molecule has 2 fully saturated rings. The Kier molecular flexibility index (Phi) is 4.57. The molecule has 1 saturated heterocycles. The molecule has 0 spiro atoms. The van der Waals surface area contributed by atoms with E-state index in [1.165, 1.54) is 55.4 Å². The van der Waals surface area contributed by atoms with E-state index in [1.807, 2.05) is 0 Å². The van der Waals surface area contributed by atoms with Gasteiger partial charge in [0.25, 0.3) is 0 Å². The van der Waals surface area contributed by atoms with Gasteiger partial charge in [-0.15, -0.1) is 0 Å². The van der Waals surface area contributed by atoms with Gasteiger partial charge in [-0.2, -0.15) is 0 Å². The van der Waals surface area contributed by atoms with Crippen molar-refractivity contribution < 1.29 is 0 Å².